The molecule has 106 valence electrons. The summed E-state index contributed by atoms with van der Waals surface area (Å²) in [4.78, 5) is 4.66. The normalized spacial score (nSPS) is 12.1. The predicted octanol–water partition coefficient (Wildman–Crippen LogP) is 3.87. The van der Waals surface area contributed by atoms with Crippen molar-refractivity contribution in [2.75, 3.05) is 7.11 Å². The van der Waals surface area contributed by atoms with Gasteiger partial charge in [0.15, 0.2) is 0 Å². The van der Waals surface area contributed by atoms with Crippen LogP contribution in [-0.4, -0.2) is 12.1 Å². The molecule has 1 aromatic heterocycles. The maximum atomic E-state index is 6.28. The molecule has 0 spiro atoms. The predicted molar refractivity (Wildman–Crippen MR) is 86.6 cm³/mol. The van der Waals surface area contributed by atoms with Gasteiger partial charge in [0.2, 0.25) is 0 Å². The van der Waals surface area contributed by atoms with E-state index in [-0.39, 0.29) is 6.04 Å². The van der Waals surface area contributed by atoms with Gasteiger partial charge in [0.05, 0.1) is 18.8 Å². The van der Waals surface area contributed by atoms with E-state index in [4.69, 9.17) is 10.5 Å². The second-order valence-corrected chi connectivity index (χ2v) is 5.58. The molecule has 3 aromatic rings. The first-order valence-corrected chi connectivity index (χ1v) is 7.56. The lowest BCUT2D eigenvalue weighted by molar-refractivity contribution is 0.415. The zero-order valence-electron chi connectivity index (χ0n) is 11.7. The van der Waals surface area contributed by atoms with E-state index in [1.807, 2.05) is 60.0 Å². The van der Waals surface area contributed by atoms with Crippen LogP contribution < -0.4 is 10.5 Å². The molecule has 0 radical (unpaired) electrons. The van der Waals surface area contributed by atoms with E-state index in [2.05, 4.69) is 4.98 Å². The summed E-state index contributed by atoms with van der Waals surface area (Å²) in [6.45, 7) is 0. The Kier molecular flexibility index (Phi) is 3.99. The molecular formula is C17H16N2OS. The number of methoxy groups -OCH3 is 1. The van der Waals surface area contributed by atoms with E-state index in [0.29, 0.717) is 0 Å². The van der Waals surface area contributed by atoms with Crippen LogP contribution in [0.25, 0.3) is 11.3 Å². The second-order valence-electron chi connectivity index (χ2n) is 4.69. The summed E-state index contributed by atoms with van der Waals surface area (Å²) in [6.07, 6.45) is 0. The second kappa shape index (κ2) is 6.08. The largest absolute Gasteiger partial charge is 0.497 e. The van der Waals surface area contributed by atoms with E-state index >= 15 is 0 Å². The first kappa shape index (κ1) is 13.8. The molecule has 0 aliphatic carbocycles. The Balaban J connectivity index is 1.85. The maximum absolute atomic E-state index is 6.28. The van der Waals surface area contributed by atoms with Crippen LogP contribution in [0, 0.1) is 0 Å². The van der Waals surface area contributed by atoms with Gasteiger partial charge in [0.25, 0.3) is 0 Å². The molecule has 0 saturated carbocycles. The number of benzene rings is 2. The average molecular weight is 296 g/mol. The Hall–Kier alpha value is -2.17. The van der Waals surface area contributed by atoms with Gasteiger partial charge in [-0.15, -0.1) is 11.3 Å². The molecule has 0 aliphatic heterocycles. The van der Waals surface area contributed by atoms with E-state index in [0.717, 1.165) is 27.6 Å². The van der Waals surface area contributed by atoms with Crippen LogP contribution in [0.2, 0.25) is 0 Å². The van der Waals surface area contributed by atoms with E-state index in [1.165, 1.54) is 0 Å². The van der Waals surface area contributed by atoms with Gasteiger partial charge in [0.1, 0.15) is 10.8 Å². The van der Waals surface area contributed by atoms with Crippen molar-refractivity contribution in [1.82, 2.24) is 4.98 Å². The zero-order valence-corrected chi connectivity index (χ0v) is 12.5. The van der Waals surface area contributed by atoms with Gasteiger partial charge in [0, 0.05) is 10.9 Å². The third-order valence-corrected chi connectivity index (χ3v) is 4.26. The minimum atomic E-state index is -0.178. The van der Waals surface area contributed by atoms with Crippen LogP contribution in [0.1, 0.15) is 16.6 Å². The number of nitrogens with zero attached hydrogens (tertiary/aromatic N) is 1. The van der Waals surface area contributed by atoms with Crippen LogP contribution in [-0.2, 0) is 0 Å². The van der Waals surface area contributed by atoms with Gasteiger partial charge in [-0.3, -0.25) is 0 Å². The zero-order chi connectivity index (χ0) is 14.7. The highest BCUT2D eigenvalue weighted by atomic mass is 32.1. The number of thiazole rings is 1. The van der Waals surface area contributed by atoms with Crippen molar-refractivity contribution in [2.45, 2.75) is 6.04 Å². The molecule has 1 unspecified atom stereocenters. The summed E-state index contributed by atoms with van der Waals surface area (Å²) in [7, 11) is 1.66. The molecule has 2 N–H and O–H groups in total. The number of ether oxygens (including phenoxy) is 1. The Morgan fingerprint density at radius 2 is 1.76 bits per heavy atom. The van der Waals surface area contributed by atoms with Crippen molar-refractivity contribution in [1.29, 1.82) is 0 Å². The standard InChI is InChI=1S/C17H16N2OS/c1-20-14-9-7-12(8-10-14)15-11-21-17(19-15)16(18)13-5-3-2-4-6-13/h2-11,16H,18H2,1H3. The summed E-state index contributed by atoms with van der Waals surface area (Å²) in [6, 6.07) is 17.7. The average Bonchev–Trinajstić information content (AvgIpc) is 3.05. The summed E-state index contributed by atoms with van der Waals surface area (Å²) in [5, 5.41) is 2.96. The van der Waals surface area contributed by atoms with Gasteiger partial charge in [-0.1, -0.05) is 30.3 Å². The molecule has 1 atom stereocenters. The summed E-state index contributed by atoms with van der Waals surface area (Å²) < 4.78 is 5.17. The molecule has 1 heterocycles. The van der Waals surface area contributed by atoms with Gasteiger partial charge < -0.3 is 10.5 Å². The molecule has 2 aromatic carbocycles. The highest BCUT2D eigenvalue weighted by Crippen LogP contribution is 2.28. The first-order chi connectivity index (χ1) is 10.3. The molecule has 0 fully saturated rings. The molecule has 3 nitrogen and oxygen atoms in total. The molecular weight excluding hydrogens is 280 g/mol. The smallest absolute Gasteiger partial charge is 0.118 e. The van der Waals surface area contributed by atoms with Crippen molar-refractivity contribution >= 4 is 11.3 Å². The van der Waals surface area contributed by atoms with Crippen molar-refractivity contribution in [3.05, 3.63) is 70.5 Å². The third-order valence-electron chi connectivity index (χ3n) is 3.33. The third kappa shape index (κ3) is 2.96. The Bertz CT molecular complexity index is 707. The van der Waals surface area contributed by atoms with Gasteiger partial charge >= 0.3 is 0 Å². The molecule has 0 bridgehead atoms. The van der Waals surface area contributed by atoms with E-state index < -0.39 is 0 Å². The monoisotopic (exact) mass is 296 g/mol. The number of nitrogens with two attached hydrogens (primary N) is 1. The lowest BCUT2D eigenvalue weighted by Crippen LogP contribution is -2.11. The highest BCUT2D eigenvalue weighted by Gasteiger charge is 2.13. The maximum Gasteiger partial charge on any atom is 0.118 e. The lowest BCUT2D eigenvalue weighted by Gasteiger charge is -2.08. The number of aromatic nitrogens is 1. The van der Waals surface area contributed by atoms with Crippen LogP contribution >= 0.6 is 11.3 Å². The molecule has 21 heavy (non-hydrogen) atoms. The fourth-order valence-corrected chi connectivity index (χ4v) is 2.98. The van der Waals surface area contributed by atoms with E-state index in [9.17, 15) is 0 Å². The van der Waals surface area contributed by atoms with Crippen LogP contribution in [0.3, 0.4) is 0 Å². The van der Waals surface area contributed by atoms with Crippen molar-refractivity contribution in [2.24, 2.45) is 5.73 Å². The van der Waals surface area contributed by atoms with Crippen LogP contribution in [0.15, 0.2) is 60.0 Å². The van der Waals surface area contributed by atoms with Crippen molar-refractivity contribution < 1.29 is 4.74 Å². The summed E-state index contributed by atoms with van der Waals surface area (Å²) in [5.41, 5.74) is 9.37. The minimum Gasteiger partial charge on any atom is -0.497 e. The fourth-order valence-electron chi connectivity index (χ4n) is 2.13. The van der Waals surface area contributed by atoms with Crippen molar-refractivity contribution in [3.63, 3.8) is 0 Å². The van der Waals surface area contributed by atoms with Gasteiger partial charge in [-0.05, 0) is 29.8 Å². The Morgan fingerprint density at radius 3 is 2.43 bits per heavy atom. The first-order valence-electron chi connectivity index (χ1n) is 6.68. The number of rotatable bonds is 4. The quantitative estimate of drug-likeness (QED) is 0.795. The Labute approximate surface area is 128 Å². The molecule has 4 heteroatoms. The molecule has 0 aliphatic rings. The van der Waals surface area contributed by atoms with Crippen LogP contribution in [0.5, 0.6) is 5.75 Å². The highest BCUT2D eigenvalue weighted by molar-refractivity contribution is 7.10. The molecule has 0 saturated heterocycles. The summed E-state index contributed by atoms with van der Waals surface area (Å²) >= 11 is 1.59. The van der Waals surface area contributed by atoms with Crippen LogP contribution in [0.4, 0.5) is 0 Å². The SMILES string of the molecule is COc1ccc(-c2csc(C(N)c3ccccc3)n2)cc1. The number of hydrogen-bond acceptors (Lipinski definition) is 4. The minimum absolute atomic E-state index is 0.178. The topological polar surface area (TPSA) is 48.1 Å². The molecule has 3 rings (SSSR count). The van der Waals surface area contributed by atoms with E-state index in [1.54, 1.807) is 18.4 Å². The molecule has 0 amide bonds. The van der Waals surface area contributed by atoms with Crippen molar-refractivity contribution in [3.8, 4) is 17.0 Å². The fraction of sp³-hybridized carbons (Fsp3) is 0.118. The lowest BCUT2D eigenvalue weighted by atomic mass is 10.1. The summed E-state index contributed by atoms with van der Waals surface area (Å²) in [5.74, 6) is 0.843. The van der Waals surface area contributed by atoms with Gasteiger partial charge in [-0.2, -0.15) is 0 Å². The number of hydrogen-bond donors (Lipinski definition) is 1. The van der Waals surface area contributed by atoms with Gasteiger partial charge in [-0.25, -0.2) is 4.98 Å². The Morgan fingerprint density at radius 1 is 1.05 bits per heavy atom.